The molecule has 1 heterocycles. The summed E-state index contributed by atoms with van der Waals surface area (Å²) in [5, 5.41) is 3.24. The van der Waals surface area contributed by atoms with Crippen LogP contribution in [0.2, 0.25) is 15.1 Å². The van der Waals surface area contributed by atoms with E-state index in [1.54, 1.807) is 6.07 Å². The van der Waals surface area contributed by atoms with Crippen LogP contribution < -0.4 is 10.1 Å². The second-order valence-electron chi connectivity index (χ2n) is 4.45. The van der Waals surface area contributed by atoms with Crippen molar-refractivity contribution in [2.24, 2.45) is 0 Å². The summed E-state index contributed by atoms with van der Waals surface area (Å²) in [7, 11) is 1.40. The van der Waals surface area contributed by atoms with E-state index < -0.39 is 18.5 Å². The number of esters is 1. The number of aromatic nitrogens is 1. The van der Waals surface area contributed by atoms with Gasteiger partial charge >= 0.3 is 5.97 Å². The van der Waals surface area contributed by atoms with E-state index in [4.69, 9.17) is 44.3 Å². The number of pyridine rings is 1. The molecule has 24 heavy (non-hydrogen) atoms. The van der Waals surface area contributed by atoms with Crippen molar-refractivity contribution in [3.05, 3.63) is 51.1 Å². The van der Waals surface area contributed by atoms with Gasteiger partial charge < -0.3 is 14.8 Å². The molecule has 126 valence electrons. The van der Waals surface area contributed by atoms with Gasteiger partial charge in [-0.1, -0.05) is 34.8 Å². The van der Waals surface area contributed by atoms with Gasteiger partial charge in [0.2, 0.25) is 0 Å². The molecule has 0 aliphatic rings. The average Bonchev–Trinajstić information content (AvgIpc) is 2.55. The minimum Gasteiger partial charge on any atom is -0.496 e. The van der Waals surface area contributed by atoms with Crippen LogP contribution in [0.1, 0.15) is 10.4 Å². The Kier molecular flexibility index (Phi) is 6.25. The summed E-state index contributed by atoms with van der Waals surface area (Å²) in [6.45, 7) is -0.533. The number of ether oxygens (including phenoxy) is 2. The molecule has 0 saturated carbocycles. The van der Waals surface area contributed by atoms with Crippen molar-refractivity contribution in [3.63, 3.8) is 0 Å². The van der Waals surface area contributed by atoms with Crippen molar-refractivity contribution in [1.82, 2.24) is 4.98 Å². The topological polar surface area (TPSA) is 77.5 Å². The molecule has 2 rings (SSSR count). The van der Waals surface area contributed by atoms with E-state index in [2.05, 4.69) is 10.3 Å². The molecule has 1 amide bonds. The van der Waals surface area contributed by atoms with Crippen LogP contribution in [-0.2, 0) is 9.53 Å². The highest BCUT2D eigenvalue weighted by Crippen LogP contribution is 2.24. The molecule has 1 aromatic heterocycles. The largest absolute Gasteiger partial charge is 0.496 e. The highest BCUT2D eigenvalue weighted by atomic mass is 35.5. The first-order valence-electron chi connectivity index (χ1n) is 6.52. The van der Waals surface area contributed by atoms with E-state index >= 15 is 0 Å². The Morgan fingerprint density at radius 3 is 2.58 bits per heavy atom. The molecular formula is C15H11Cl3N2O4. The minimum atomic E-state index is -0.750. The maximum absolute atomic E-state index is 12.0. The molecule has 1 N–H and O–H groups in total. The normalized spacial score (nSPS) is 10.2. The molecule has 0 bridgehead atoms. The first kappa shape index (κ1) is 18.3. The predicted octanol–water partition coefficient (Wildman–Crippen LogP) is 3.85. The van der Waals surface area contributed by atoms with Gasteiger partial charge in [-0.15, -0.1) is 0 Å². The Morgan fingerprint density at radius 1 is 1.17 bits per heavy atom. The van der Waals surface area contributed by atoms with Crippen molar-refractivity contribution in [1.29, 1.82) is 0 Å². The van der Waals surface area contributed by atoms with Crippen LogP contribution in [0.3, 0.4) is 0 Å². The molecule has 6 nitrogen and oxygen atoms in total. The van der Waals surface area contributed by atoms with Gasteiger partial charge in [0, 0.05) is 11.2 Å². The Bertz CT molecular complexity index is 783. The van der Waals surface area contributed by atoms with E-state index in [-0.39, 0.29) is 22.2 Å². The van der Waals surface area contributed by atoms with Gasteiger partial charge in [-0.3, -0.25) is 4.79 Å². The predicted molar refractivity (Wildman–Crippen MR) is 91.2 cm³/mol. The number of halogens is 3. The van der Waals surface area contributed by atoms with Gasteiger partial charge in [0.05, 0.1) is 17.2 Å². The molecule has 0 spiro atoms. The number of hydrogen-bond acceptors (Lipinski definition) is 5. The lowest BCUT2D eigenvalue weighted by Gasteiger charge is -2.10. The quantitative estimate of drug-likeness (QED) is 0.786. The number of anilines is 1. The zero-order valence-corrected chi connectivity index (χ0v) is 14.6. The van der Waals surface area contributed by atoms with E-state index in [0.29, 0.717) is 10.0 Å². The van der Waals surface area contributed by atoms with Crippen LogP contribution >= 0.6 is 34.8 Å². The fourth-order valence-corrected chi connectivity index (χ4v) is 2.32. The average molecular weight is 390 g/mol. The van der Waals surface area contributed by atoms with Crippen LogP contribution in [-0.4, -0.2) is 30.6 Å². The number of benzene rings is 1. The first-order valence-corrected chi connectivity index (χ1v) is 7.65. The van der Waals surface area contributed by atoms with E-state index in [1.807, 2.05) is 0 Å². The number of methoxy groups -OCH3 is 1. The van der Waals surface area contributed by atoms with Crippen LogP contribution in [0, 0.1) is 0 Å². The molecule has 0 atom stereocenters. The molecule has 9 heteroatoms. The number of carbonyl (C=O) groups excluding carboxylic acids is 2. The summed E-state index contributed by atoms with van der Waals surface area (Å²) >= 11 is 17.4. The molecule has 0 unspecified atom stereocenters. The van der Waals surface area contributed by atoms with Crippen molar-refractivity contribution < 1.29 is 19.1 Å². The highest BCUT2D eigenvalue weighted by molar-refractivity contribution is 6.36. The van der Waals surface area contributed by atoms with Gasteiger partial charge in [0.1, 0.15) is 11.3 Å². The number of rotatable bonds is 5. The number of nitrogens with one attached hydrogen (secondary N) is 1. The van der Waals surface area contributed by atoms with E-state index in [9.17, 15) is 9.59 Å². The van der Waals surface area contributed by atoms with E-state index in [1.165, 1.54) is 31.5 Å². The van der Waals surface area contributed by atoms with Crippen LogP contribution in [0.25, 0.3) is 0 Å². The highest BCUT2D eigenvalue weighted by Gasteiger charge is 2.16. The Labute approximate surface area is 152 Å². The Morgan fingerprint density at radius 2 is 1.92 bits per heavy atom. The van der Waals surface area contributed by atoms with Crippen LogP contribution in [0.5, 0.6) is 5.75 Å². The van der Waals surface area contributed by atoms with Gasteiger partial charge in [-0.2, -0.15) is 0 Å². The van der Waals surface area contributed by atoms with Crippen molar-refractivity contribution in [3.8, 4) is 5.75 Å². The summed E-state index contributed by atoms with van der Waals surface area (Å²) in [6.07, 6.45) is 1.33. The lowest BCUT2D eigenvalue weighted by molar-refractivity contribution is -0.119. The first-order chi connectivity index (χ1) is 11.4. The summed E-state index contributed by atoms with van der Waals surface area (Å²) in [6, 6.07) is 5.90. The zero-order valence-electron chi connectivity index (χ0n) is 12.3. The molecular weight excluding hydrogens is 379 g/mol. The molecule has 0 aliphatic carbocycles. The maximum atomic E-state index is 12.0. The number of carbonyl (C=O) groups is 2. The van der Waals surface area contributed by atoms with Crippen molar-refractivity contribution in [2.45, 2.75) is 0 Å². The van der Waals surface area contributed by atoms with Crippen LogP contribution in [0.4, 0.5) is 5.82 Å². The van der Waals surface area contributed by atoms with Crippen LogP contribution in [0.15, 0.2) is 30.5 Å². The molecule has 0 saturated heterocycles. The molecule has 0 radical (unpaired) electrons. The van der Waals surface area contributed by atoms with Gasteiger partial charge in [-0.25, -0.2) is 9.78 Å². The maximum Gasteiger partial charge on any atom is 0.342 e. The molecule has 1 aromatic carbocycles. The van der Waals surface area contributed by atoms with Gasteiger partial charge in [0.25, 0.3) is 5.91 Å². The third-order valence-electron chi connectivity index (χ3n) is 2.78. The Hall–Kier alpha value is -2.02. The fraction of sp³-hybridized carbons (Fsp3) is 0.133. The second-order valence-corrected chi connectivity index (χ2v) is 5.73. The smallest absolute Gasteiger partial charge is 0.342 e. The summed E-state index contributed by atoms with van der Waals surface area (Å²) in [4.78, 5) is 27.7. The fourth-order valence-electron chi connectivity index (χ4n) is 1.72. The zero-order chi connectivity index (χ0) is 17.7. The third-order valence-corrected chi connectivity index (χ3v) is 3.51. The summed E-state index contributed by atoms with van der Waals surface area (Å²) in [5.74, 6) is -0.963. The Balaban J connectivity index is 1.99. The SMILES string of the molecule is COc1ccc(Cl)cc1C(=O)OCC(=O)Nc1ncc(Cl)cc1Cl. The second kappa shape index (κ2) is 8.19. The van der Waals surface area contributed by atoms with Gasteiger partial charge in [0.15, 0.2) is 12.4 Å². The number of nitrogens with zero attached hydrogens (tertiary/aromatic N) is 1. The lowest BCUT2D eigenvalue weighted by Crippen LogP contribution is -2.21. The molecule has 2 aromatic rings. The lowest BCUT2D eigenvalue weighted by atomic mass is 10.2. The third kappa shape index (κ3) is 4.74. The molecule has 0 aliphatic heterocycles. The summed E-state index contributed by atoms with van der Waals surface area (Å²) < 4.78 is 9.99. The monoisotopic (exact) mass is 388 g/mol. The van der Waals surface area contributed by atoms with Crippen molar-refractivity contribution in [2.75, 3.05) is 19.0 Å². The number of hydrogen-bond donors (Lipinski definition) is 1. The molecule has 0 fully saturated rings. The number of amides is 1. The van der Waals surface area contributed by atoms with E-state index in [0.717, 1.165) is 0 Å². The standard InChI is InChI=1S/C15H11Cl3N2O4/c1-23-12-3-2-8(16)4-10(12)15(22)24-7-13(21)20-14-11(18)5-9(17)6-19-14/h2-6H,7H2,1H3,(H,19,20,21). The summed E-state index contributed by atoms with van der Waals surface area (Å²) in [5.41, 5.74) is 0.112. The van der Waals surface area contributed by atoms with Gasteiger partial charge in [-0.05, 0) is 24.3 Å². The van der Waals surface area contributed by atoms with Crippen molar-refractivity contribution >= 4 is 52.5 Å². The minimum absolute atomic E-state index is 0.112.